The summed E-state index contributed by atoms with van der Waals surface area (Å²) in [5, 5.41) is 5.83. The van der Waals surface area contributed by atoms with Crippen LogP contribution >= 0.6 is 0 Å². The van der Waals surface area contributed by atoms with Crippen LogP contribution in [0.15, 0.2) is 30.6 Å². The van der Waals surface area contributed by atoms with Gasteiger partial charge in [-0.05, 0) is 30.9 Å². The van der Waals surface area contributed by atoms with Crippen LogP contribution in [-0.4, -0.2) is 11.0 Å². The zero-order chi connectivity index (χ0) is 13.2. The Morgan fingerprint density at radius 1 is 1.21 bits per heavy atom. The van der Waals surface area contributed by atoms with Crippen LogP contribution in [0.3, 0.4) is 0 Å². The number of hydrogen-bond acceptors (Lipinski definition) is 3. The summed E-state index contributed by atoms with van der Waals surface area (Å²) in [6, 6.07) is 6.71. The number of anilines is 2. The molecule has 19 heavy (non-hydrogen) atoms. The molecule has 1 aliphatic rings. The smallest absolute Gasteiger partial charge is 0.0630 e. The van der Waals surface area contributed by atoms with Gasteiger partial charge in [0.1, 0.15) is 0 Å². The van der Waals surface area contributed by atoms with E-state index in [1.54, 1.807) is 6.20 Å². The first-order valence-electron chi connectivity index (χ1n) is 7.14. The monoisotopic (exact) mass is 255 g/mol. The summed E-state index contributed by atoms with van der Waals surface area (Å²) in [4.78, 5) is 4.14. The number of nitrogens with two attached hydrogens (primary N) is 1. The minimum absolute atomic E-state index is 0.551. The van der Waals surface area contributed by atoms with Gasteiger partial charge in [-0.15, -0.1) is 0 Å². The van der Waals surface area contributed by atoms with Crippen molar-refractivity contribution in [2.75, 3.05) is 11.1 Å². The zero-order valence-electron chi connectivity index (χ0n) is 11.4. The molecule has 0 amide bonds. The molecular formula is C16H21N3. The molecule has 0 bridgehead atoms. The standard InChI is InChI=1S/C16H21N3/c1-11-4-2-3-5-14(11)19-15-7-6-12-10-18-9-8-13(12)16(15)17/h6-11,14,19H,2-5,17H2,1H3. The Hall–Kier alpha value is -1.77. The lowest BCUT2D eigenvalue weighted by Gasteiger charge is -2.31. The molecule has 1 heterocycles. The number of fused-ring (bicyclic) bond motifs is 1. The molecule has 3 rings (SSSR count). The van der Waals surface area contributed by atoms with Gasteiger partial charge >= 0.3 is 0 Å². The quantitative estimate of drug-likeness (QED) is 0.802. The third kappa shape index (κ3) is 2.37. The molecule has 0 aliphatic heterocycles. The van der Waals surface area contributed by atoms with Crippen LogP contribution in [0.5, 0.6) is 0 Å². The van der Waals surface area contributed by atoms with Crippen molar-refractivity contribution >= 4 is 22.1 Å². The van der Waals surface area contributed by atoms with Crippen molar-refractivity contribution in [3.05, 3.63) is 30.6 Å². The van der Waals surface area contributed by atoms with Crippen LogP contribution < -0.4 is 11.1 Å². The third-order valence-electron chi connectivity index (χ3n) is 4.31. The number of hydrogen-bond donors (Lipinski definition) is 2. The predicted octanol–water partition coefficient (Wildman–Crippen LogP) is 3.81. The minimum atomic E-state index is 0.551. The van der Waals surface area contributed by atoms with Gasteiger partial charge in [0.05, 0.1) is 11.4 Å². The maximum absolute atomic E-state index is 6.29. The van der Waals surface area contributed by atoms with Gasteiger partial charge in [0.2, 0.25) is 0 Å². The number of benzene rings is 1. The highest BCUT2D eigenvalue weighted by Crippen LogP contribution is 2.32. The van der Waals surface area contributed by atoms with Gasteiger partial charge in [0.25, 0.3) is 0 Å². The number of nitrogens with zero attached hydrogens (tertiary/aromatic N) is 1. The van der Waals surface area contributed by atoms with E-state index in [1.165, 1.54) is 25.7 Å². The largest absolute Gasteiger partial charge is 0.397 e. The Morgan fingerprint density at radius 2 is 2.05 bits per heavy atom. The van der Waals surface area contributed by atoms with Crippen molar-refractivity contribution in [1.82, 2.24) is 4.98 Å². The van der Waals surface area contributed by atoms with Crippen molar-refractivity contribution < 1.29 is 0 Å². The van der Waals surface area contributed by atoms with Crippen LogP contribution in [-0.2, 0) is 0 Å². The second-order valence-electron chi connectivity index (χ2n) is 5.64. The van der Waals surface area contributed by atoms with Crippen molar-refractivity contribution in [2.24, 2.45) is 5.92 Å². The summed E-state index contributed by atoms with van der Waals surface area (Å²) < 4.78 is 0. The highest BCUT2D eigenvalue weighted by molar-refractivity contribution is 5.98. The van der Waals surface area contributed by atoms with Crippen LogP contribution in [0, 0.1) is 5.92 Å². The average Bonchev–Trinajstić information content (AvgIpc) is 2.44. The predicted molar refractivity (Wildman–Crippen MR) is 81.2 cm³/mol. The van der Waals surface area contributed by atoms with Gasteiger partial charge in [-0.1, -0.05) is 25.8 Å². The number of pyridine rings is 1. The van der Waals surface area contributed by atoms with Crippen LogP contribution in [0.2, 0.25) is 0 Å². The topological polar surface area (TPSA) is 50.9 Å². The molecule has 1 aromatic heterocycles. The summed E-state index contributed by atoms with van der Waals surface area (Å²) in [5.41, 5.74) is 8.20. The molecule has 2 atom stereocenters. The summed E-state index contributed by atoms with van der Waals surface area (Å²) in [6.07, 6.45) is 8.89. The molecule has 3 nitrogen and oxygen atoms in total. The van der Waals surface area contributed by atoms with Crippen molar-refractivity contribution in [2.45, 2.75) is 38.6 Å². The number of nitrogen functional groups attached to an aromatic ring is 1. The van der Waals surface area contributed by atoms with Gasteiger partial charge in [0.15, 0.2) is 0 Å². The molecule has 0 radical (unpaired) electrons. The number of nitrogens with one attached hydrogen (secondary N) is 1. The molecular weight excluding hydrogens is 234 g/mol. The first kappa shape index (κ1) is 12.3. The lowest BCUT2D eigenvalue weighted by Crippen LogP contribution is -2.30. The summed E-state index contributed by atoms with van der Waals surface area (Å²) in [5.74, 6) is 0.723. The fourth-order valence-corrected chi connectivity index (χ4v) is 3.05. The van der Waals surface area contributed by atoms with E-state index >= 15 is 0 Å². The highest BCUT2D eigenvalue weighted by atomic mass is 14.9. The highest BCUT2D eigenvalue weighted by Gasteiger charge is 2.21. The SMILES string of the molecule is CC1CCCCC1Nc1ccc2cnccc2c1N. The normalized spacial score (nSPS) is 23.4. The Morgan fingerprint density at radius 3 is 2.89 bits per heavy atom. The van der Waals surface area contributed by atoms with Gasteiger partial charge < -0.3 is 11.1 Å². The van der Waals surface area contributed by atoms with Crippen LogP contribution in [0.1, 0.15) is 32.6 Å². The first-order chi connectivity index (χ1) is 9.25. The Labute approximate surface area is 114 Å². The summed E-state index contributed by atoms with van der Waals surface area (Å²) in [7, 11) is 0. The molecule has 0 saturated heterocycles. The second kappa shape index (κ2) is 5.08. The fraction of sp³-hybridized carbons (Fsp3) is 0.438. The van der Waals surface area contributed by atoms with Gasteiger partial charge in [0, 0.05) is 29.2 Å². The van der Waals surface area contributed by atoms with Gasteiger partial charge in [-0.3, -0.25) is 4.98 Å². The number of aromatic nitrogens is 1. The second-order valence-corrected chi connectivity index (χ2v) is 5.64. The Kier molecular flexibility index (Phi) is 3.28. The molecule has 1 aliphatic carbocycles. The van der Waals surface area contributed by atoms with E-state index < -0.39 is 0 Å². The molecule has 2 unspecified atom stereocenters. The zero-order valence-corrected chi connectivity index (χ0v) is 11.4. The summed E-state index contributed by atoms with van der Waals surface area (Å²) in [6.45, 7) is 2.33. The molecule has 3 heteroatoms. The molecule has 1 saturated carbocycles. The first-order valence-corrected chi connectivity index (χ1v) is 7.14. The molecule has 3 N–H and O–H groups in total. The Balaban J connectivity index is 1.90. The molecule has 100 valence electrons. The van der Waals surface area contributed by atoms with E-state index in [0.29, 0.717) is 6.04 Å². The molecule has 1 fully saturated rings. The number of rotatable bonds is 2. The van der Waals surface area contributed by atoms with Gasteiger partial charge in [-0.2, -0.15) is 0 Å². The minimum Gasteiger partial charge on any atom is -0.397 e. The third-order valence-corrected chi connectivity index (χ3v) is 4.31. The Bertz CT molecular complexity index is 579. The van der Waals surface area contributed by atoms with Gasteiger partial charge in [-0.25, -0.2) is 0 Å². The maximum atomic E-state index is 6.29. The van der Waals surface area contributed by atoms with E-state index in [4.69, 9.17) is 5.73 Å². The lowest BCUT2D eigenvalue weighted by atomic mass is 9.85. The van der Waals surface area contributed by atoms with Crippen molar-refractivity contribution in [3.63, 3.8) is 0 Å². The van der Waals surface area contributed by atoms with E-state index in [-0.39, 0.29) is 0 Å². The van der Waals surface area contributed by atoms with E-state index in [2.05, 4.69) is 29.4 Å². The van der Waals surface area contributed by atoms with E-state index in [0.717, 1.165) is 28.1 Å². The average molecular weight is 255 g/mol. The summed E-state index contributed by atoms with van der Waals surface area (Å²) >= 11 is 0. The lowest BCUT2D eigenvalue weighted by molar-refractivity contribution is 0.349. The fourth-order valence-electron chi connectivity index (χ4n) is 3.05. The molecule has 0 spiro atoms. The molecule has 2 aromatic rings. The van der Waals surface area contributed by atoms with Crippen molar-refractivity contribution in [3.8, 4) is 0 Å². The van der Waals surface area contributed by atoms with Crippen LogP contribution in [0.4, 0.5) is 11.4 Å². The maximum Gasteiger partial charge on any atom is 0.0630 e. The van der Waals surface area contributed by atoms with Crippen molar-refractivity contribution in [1.29, 1.82) is 0 Å². The van der Waals surface area contributed by atoms with E-state index in [1.807, 2.05) is 12.3 Å². The van der Waals surface area contributed by atoms with E-state index in [9.17, 15) is 0 Å². The van der Waals surface area contributed by atoms with Crippen LogP contribution in [0.25, 0.3) is 10.8 Å². The molecule has 1 aromatic carbocycles.